The quantitative estimate of drug-likeness (QED) is 0.690. The lowest BCUT2D eigenvalue weighted by molar-refractivity contribution is -0.129. The van der Waals surface area contributed by atoms with Gasteiger partial charge in [0.15, 0.2) is 0 Å². The second-order valence-corrected chi connectivity index (χ2v) is 4.96. The molecule has 0 aromatic rings. The summed E-state index contributed by atoms with van der Waals surface area (Å²) in [5, 5.41) is 2.95. The second-order valence-electron chi connectivity index (χ2n) is 4.96. The van der Waals surface area contributed by atoms with Gasteiger partial charge in [-0.25, -0.2) is 0 Å². The topological polar surface area (TPSA) is 67.6 Å². The average Bonchev–Trinajstić information content (AvgIpc) is 2.38. The molecule has 0 radical (unpaired) electrons. The second kappa shape index (κ2) is 7.71. The Morgan fingerprint density at radius 1 is 1.33 bits per heavy atom. The molecule has 1 aliphatic rings. The van der Waals surface area contributed by atoms with E-state index in [2.05, 4.69) is 24.1 Å². The van der Waals surface area contributed by atoms with Gasteiger partial charge >= 0.3 is 0 Å². The first-order valence-electron chi connectivity index (χ1n) is 6.99. The third-order valence-electron chi connectivity index (χ3n) is 3.54. The molecule has 18 heavy (non-hydrogen) atoms. The number of hydrogen-bond acceptors (Lipinski definition) is 4. The van der Waals surface area contributed by atoms with Gasteiger partial charge in [0.2, 0.25) is 5.91 Å². The highest BCUT2D eigenvalue weighted by atomic mass is 16.5. The van der Waals surface area contributed by atoms with E-state index in [1.165, 1.54) is 0 Å². The van der Waals surface area contributed by atoms with Gasteiger partial charge in [-0.2, -0.15) is 0 Å². The van der Waals surface area contributed by atoms with E-state index >= 15 is 0 Å². The number of carbonyl (C=O) groups is 1. The lowest BCUT2D eigenvalue weighted by Crippen LogP contribution is -2.57. The van der Waals surface area contributed by atoms with Crippen molar-refractivity contribution in [2.45, 2.75) is 38.6 Å². The van der Waals surface area contributed by atoms with Crippen LogP contribution >= 0.6 is 0 Å². The lowest BCUT2D eigenvalue weighted by Gasteiger charge is -2.32. The molecule has 5 nitrogen and oxygen atoms in total. The molecule has 1 rings (SSSR count). The Kier molecular flexibility index (Phi) is 6.60. The van der Waals surface area contributed by atoms with Crippen molar-refractivity contribution in [3.63, 3.8) is 0 Å². The zero-order valence-corrected chi connectivity index (χ0v) is 11.7. The number of nitrogens with one attached hydrogen (secondary N) is 1. The van der Waals surface area contributed by atoms with Gasteiger partial charge < -0.3 is 20.7 Å². The molecule has 0 spiro atoms. The maximum atomic E-state index is 12.0. The third-order valence-corrected chi connectivity index (χ3v) is 3.54. The van der Waals surface area contributed by atoms with Gasteiger partial charge in [-0.3, -0.25) is 4.79 Å². The van der Waals surface area contributed by atoms with Crippen LogP contribution in [0.15, 0.2) is 0 Å². The van der Waals surface area contributed by atoms with Crippen LogP contribution in [0.4, 0.5) is 0 Å². The molecular weight excluding hydrogens is 230 g/mol. The molecule has 3 N–H and O–H groups in total. The summed E-state index contributed by atoms with van der Waals surface area (Å²) in [4.78, 5) is 14.4. The van der Waals surface area contributed by atoms with E-state index in [0.29, 0.717) is 32.6 Å². The number of ether oxygens (including phenoxy) is 1. The van der Waals surface area contributed by atoms with Crippen LogP contribution in [0.1, 0.15) is 33.1 Å². The lowest BCUT2D eigenvalue weighted by atomic mass is 9.90. The fourth-order valence-corrected chi connectivity index (χ4v) is 2.21. The van der Waals surface area contributed by atoms with Crippen LogP contribution in [0, 0.1) is 0 Å². The Morgan fingerprint density at radius 3 is 2.56 bits per heavy atom. The SMILES string of the molecule is CCCN(CC)CCNC(=O)C1(N)CCOCC1. The molecule has 1 aliphatic heterocycles. The minimum absolute atomic E-state index is 0.0293. The first-order chi connectivity index (χ1) is 8.62. The largest absolute Gasteiger partial charge is 0.381 e. The molecule has 0 unspecified atom stereocenters. The molecule has 0 aliphatic carbocycles. The van der Waals surface area contributed by atoms with Crippen molar-refractivity contribution in [3.05, 3.63) is 0 Å². The van der Waals surface area contributed by atoms with Crippen LogP contribution in [0.25, 0.3) is 0 Å². The summed E-state index contributed by atoms with van der Waals surface area (Å²) in [7, 11) is 0. The zero-order valence-electron chi connectivity index (χ0n) is 11.7. The predicted molar refractivity (Wildman–Crippen MR) is 72.4 cm³/mol. The summed E-state index contributed by atoms with van der Waals surface area (Å²) < 4.78 is 5.24. The number of amides is 1. The van der Waals surface area contributed by atoms with Crippen molar-refractivity contribution >= 4 is 5.91 Å². The number of rotatable bonds is 7. The number of nitrogens with zero attached hydrogens (tertiary/aromatic N) is 1. The van der Waals surface area contributed by atoms with Crippen molar-refractivity contribution in [1.29, 1.82) is 0 Å². The molecule has 5 heteroatoms. The molecule has 1 fully saturated rings. The standard InChI is InChI=1S/C13H27N3O2/c1-3-8-16(4-2)9-7-15-12(17)13(14)5-10-18-11-6-13/h3-11,14H2,1-2H3,(H,15,17). The maximum absolute atomic E-state index is 12.0. The van der Waals surface area contributed by atoms with Gasteiger partial charge in [-0.05, 0) is 32.4 Å². The van der Waals surface area contributed by atoms with E-state index in [1.807, 2.05) is 0 Å². The van der Waals surface area contributed by atoms with Crippen molar-refractivity contribution in [2.75, 3.05) is 39.4 Å². The van der Waals surface area contributed by atoms with Gasteiger partial charge in [0.05, 0.1) is 5.54 Å². The van der Waals surface area contributed by atoms with E-state index < -0.39 is 5.54 Å². The van der Waals surface area contributed by atoms with E-state index in [0.717, 1.165) is 26.1 Å². The molecule has 0 aromatic carbocycles. The molecule has 1 heterocycles. The molecule has 1 amide bonds. The van der Waals surface area contributed by atoms with Crippen LogP contribution in [0.5, 0.6) is 0 Å². The summed E-state index contributed by atoms with van der Waals surface area (Å²) >= 11 is 0. The van der Waals surface area contributed by atoms with Crippen molar-refractivity contribution in [3.8, 4) is 0 Å². The first-order valence-corrected chi connectivity index (χ1v) is 6.99. The van der Waals surface area contributed by atoms with Gasteiger partial charge in [0, 0.05) is 26.3 Å². The van der Waals surface area contributed by atoms with Gasteiger partial charge in [-0.1, -0.05) is 13.8 Å². The molecular formula is C13H27N3O2. The monoisotopic (exact) mass is 257 g/mol. The Hall–Kier alpha value is -0.650. The summed E-state index contributed by atoms with van der Waals surface area (Å²) in [5.41, 5.74) is 5.38. The van der Waals surface area contributed by atoms with E-state index in [4.69, 9.17) is 10.5 Å². The van der Waals surface area contributed by atoms with E-state index in [9.17, 15) is 4.79 Å². The Bertz CT molecular complexity index is 253. The van der Waals surface area contributed by atoms with Crippen LogP contribution in [-0.4, -0.2) is 55.7 Å². The molecule has 106 valence electrons. The Morgan fingerprint density at radius 2 is 2.00 bits per heavy atom. The molecule has 0 bridgehead atoms. The third kappa shape index (κ3) is 4.55. The highest BCUT2D eigenvalue weighted by Gasteiger charge is 2.35. The Labute approximate surface area is 110 Å². The minimum Gasteiger partial charge on any atom is -0.381 e. The van der Waals surface area contributed by atoms with E-state index in [-0.39, 0.29) is 5.91 Å². The summed E-state index contributed by atoms with van der Waals surface area (Å²) in [5.74, 6) is -0.0293. The fraction of sp³-hybridized carbons (Fsp3) is 0.923. The summed E-state index contributed by atoms with van der Waals surface area (Å²) in [6.45, 7) is 9.13. The maximum Gasteiger partial charge on any atom is 0.240 e. The van der Waals surface area contributed by atoms with Gasteiger partial charge in [0.1, 0.15) is 0 Å². The number of hydrogen-bond donors (Lipinski definition) is 2. The average molecular weight is 257 g/mol. The van der Waals surface area contributed by atoms with Crippen LogP contribution in [-0.2, 0) is 9.53 Å². The summed E-state index contributed by atoms with van der Waals surface area (Å²) in [6, 6.07) is 0. The predicted octanol–water partition coefficient (Wildman–Crippen LogP) is 0.342. The van der Waals surface area contributed by atoms with Crippen molar-refractivity contribution < 1.29 is 9.53 Å². The molecule has 0 atom stereocenters. The zero-order chi connectivity index (χ0) is 13.4. The molecule has 1 saturated heterocycles. The highest BCUT2D eigenvalue weighted by molar-refractivity contribution is 5.86. The highest BCUT2D eigenvalue weighted by Crippen LogP contribution is 2.17. The van der Waals surface area contributed by atoms with Crippen LogP contribution < -0.4 is 11.1 Å². The van der Waals surface area contributed by atoms with Gasteiger partial charge in [0.25, 0.3) is 0 Å². The minimum atomic E-state index is -0.722. The van der Waals surface area contributed by atoms with Crippen LogP contribution in [0.2, 0.25) is 0 Å². The van der Waals surface area contributed by atoms with Crippen LogP contribution in [0.3, 0.4) is 0 Å². The number of likely N-dealkylation sites (N-methyl/N-ethyl adjacent to an activating group) is 1. The molecule has 0 saturated carbocycles. The number of carbonyl (C=O) groups excluding carboxylic acids is 1. The smallest absolute Gasteiger partial charge is 0.240 e. The number of nitrogens with two attached hydrogens (primary N) is 1. The van der Waals surface area contributed by atoms with Crippen molar-refractivity contribution in [1.82, 2.24) is 10.2 Å². The first kappa shape index (κ1) is 15.4. The fourth-order valence-electron chi connectivity index (χ4n) is 2.21. The van der Waals surface area contributed by atoms with Gasteiger partial charge in [-0.15, -0.1) is 0 Å². The van der Waals surface area contributed by atoms with Crippen molar-refractivity contribution in [2.24, 2.45) is 5.73 Å². The van der Waals surface area contributed by atoms with E-state index in [1.54, 1.807) is 0 Å². The molecule has 0 aromatic heterocycles. The normalized spacial score (nSPS) is 18.9. The summed E-state index contributed by atoms with van der Waals surface area (Å²) in [6.07, 6.45) is 2.37. The Balaban J connectivity index is 2.27.